The summed E-state index contributed by atoms with van der Waals surface area (Å²) in [5.41, 5.74) is 3.04. The number of ether oxygens (including phenoxy) is 1. The first-order chi connectivity index (χ1) is 12.6. The van der Waals surface area contributed by atoms with E-state index in [-0.39, 0.29) is 29.2 Å². The summed E-state index contributed by atoms with van der Waals surface area (Å²) >= 11 is 3.51. The van der Waals surface area contributed by atoms with Crippen LogP contribution in [0.2, 0.25) is 0 Å². The van der Waals surface area contributed by atoms with Gasteiger partial charge in [0.15, 0.2) is 5.78 Å². The van der Waals surface area contributed by atoms with Gasteiger partial charge in [-0.25, -0.2) is 0 Å². The third-order valence-corrected chi connectivity index (χ3v) is 5.61. The molecule has 0 amide bonds. The average Bonchev–Trinajstić information content (AvgIpc) is 2.51. The van der Waals surface area contributed by atoms with Crippen LogP contribution in [0.25, 0.3) is 0 Å². The van der Waals surface area contributed by atoms with Crippen LogP contribution in [-0.2, 0) is 14.3 Å². The minimum atomic E-state index is -0.578. The van der Waals surface area contributed by atoms with Crippen molar-refractivity contribution in [2.75, 3.05) is 0 Å². The molecule has 0 spiro atoms. The number of esters is 1. The Balaban J connectivity index is 2.16. The van der Waals surface area contributed by atoms with E-state index < -0.39 is 5.92 Å². The number of Topliss-reactive ketones (excluding diaryl/α,β-unsaturated/α-hetero) is 1. The molecule has 0 saturated carbocycles. The molecule has 1 aromatic carbocycles. The van der Waals surface area contributed by atoms with Crippen LogP contribution in [0.1, 0.15) is 58.9 Å². The van der Waals surface area contributed by atoms with E-state index in [0.717, 1.165) is 27.9 Å². The molecule has 3 rings (SSSR count). The molecule has 144 valence electrons. The second-order valence-electron chi connectivity index (χ2n) is 8.55. The fourth-order valence-corrected chi connectivity index (χ4v) is 4.53. The molecule has 0 fully saturated rings. The summed E-state index contributed by atoms with van der Waals surface area (Å²) in [6, 6.07) is 7.83. The maximum absolute atomic E-state index is 13.1. The highest BCUT2D eigenvalue weighted by molar-refractivity contribution is 9.10. The molecule has 1 unspecified atom stereocenters. The zero-order valence-electron chi connectivity index (χ0n) is 16.5. The molecular weight excluding hydrogens is 406 g/mol. The molecule has 0 saturated heterocycles. The van der Waals surface area contributed by atoms with Gasteiger partial charge in [0.1, 0.15) is 5.92 Å². The summed E-state index contributed by atoms with van der Waals surface area (Å²) in [5, 5.41) is 0. The number of rotatable bonds is 3. The van der Waals surface area contributed by atoms with Gasteiger partial charge in [-0.15, -0.1) is 0 Å². The van der Waals surface area contributed by atoms with Crippen LogP contribution in [0.5, 0.6) is 0 Å². The SMILES string of the molecule is CC1=NC2=C(C(=O)CC(C)(C)C2)[C@@H](c2cccc(Br)c2)C1C(=O)OC(C)C. The van der Waals surface area contributed by atoms with Gasteiger partial charge in [0, 0.05) is 33.8 Å². The summed E-state index contributed by atoms with van der Waals surface area (Å²) in [6.45, 7) is 9.72. The predicted molar refractivity (Wildman–Crippen MR) is 110 cm³/mol. The van der Waals surface area contributed by atoms with E-state index in [1.54, 1.807) is 0 Å². The number of hydrogen-bond donors (Lipinski definition) is 0. The van der Waals surface area contributed by atoms with Crippen molar-refractivity contribution in [2.24, 2.45) is 16.3 Å². The number of aliphatic imine (C=N–C) groups is 1. The fraction of sp³-hybridized carbons (Fsp3) is 0.500. The molecule has 0 N–H and O–H groups in total. The molecule has 0 aromatic heterocycles. The van der Waals surface area contributed by atoms with E-state index in [2.05, 4.69) is 29.8 Å². The minimum Gasteiger partial charge on any atom is -0.462 e. The number of carbonyl (C=O) groups is 2. The maximum atomic E-state index is 13.1. The smallest absolute Gasteiger partial charge is 0.315 e. The van der Waals surface area contributed by atoms with Gasteiger partial charge in [-0.3, -0.25) is 14.6 Å². The average molecular weight is 432 g/mol. The first-order valence-corrected chi connectivity index (χ1v) is 10.2. The first-order valence-electron chi connectivity index (χ1n) is 9.36. The summed E-state index contributed by atoms with van der Waals surface area (Å²) in [5.74, 6) is -1.17. The van der Waals surface area contributed by atoms with E-state index in [1.807, 2.05) is 45.0 Å². The lowest BCUT2D eigenvalue weighted by molar-refractivity contribution is -0.150. The van der Waals surface area contributed by atoms with Gasteiger partial charge in [0.05, 0.1) is 6.10 Å². The van der Waals surface area contributed by atoms with Crippen molar-refractivity contribution in [3.05, 3.63) is 45.6 Å². The molecule has 1 aliphatic carbocycles. The Morgan fingerprint density at radius 3 is 2.63 bits per heavy atom. The number of halogens is 1. The van der Waals surface area contributed by atoms with Crippen molar-refractivity contribution in [1.82, 2.24) is 0 Å². The van der Waals surface area contributed by atoms with Gasteiger partial charge >= 0.3 is 5.97 Å². The topological polar surface area (TPSA) is 55.7 Å². The molecule has 1 aliphatic heterocycles. The normalized spacial score (nSPS) is 24.6. The lowest BCUT2D eigenvalue weighted by Gasteiger charge is -2.39. The van der Waals surface area contributed by atoms with Gasteiger partial charge < -0.3 is 4.74 Å². The van der Waals surface area contributed by atoms with Gasteiger partial charge in [0.25, 0.3) is 0 Å². The second-order valence-corrected chi connectivity index (χ2v) is 9.47. The van der Waals surface area contributed by atoms with Crippen LogP contribution < -0.4 is 0 Å². The fourth-order valence-electron chi connectivity index (χ4n) is 4.12. The number of nitrogens with zero attached hydrogens (tertiary/aromatic N) is 1. The third kappa shape index (κ3) is 4.08. The largest absolute Gasteiger partial charge is 0.462 e. The van der Waals surface area contributed by atoms with E-state index in [4.69, 9.17) is 9.73 Å². The Kier molecular flexibility index (Phi) is 5.44. The number of hydrogen-bond acceptors (Lipinski definition) is 4. The van der Waals surface area contributed by atoms with E-state index in [0.29, 0.717) is 12.0 Å². The predicted octanol–water partition coefficient (Wildman–Crippen LogP) is 5.22. The summed E-state index contributed by atoms with van der Waals surface area (Å²) in [6.07, 6.45) is 0.989. The van der Waals surface area contributed by atoms with Gasteiger partial charge in [0.2, 0.25) is 0 Å². The maximum Gasteiger partial charge on any atom is 0.315 e. The van der Waals surface area contributed by atoms with Gasteiger partial charge in [-0.1, -0.05) is 41.9 Å². The first kappa shape index (κ1) is 20.0. The molecule has 1 aromatic rings. The standard InChI is InChI=1S/C22H26BrNO3/c1-12(2)27-21(26)18-13(3)24-16-10-22(4,5)11-17(25)20(16)19(18)14-7-6-8-15(23)9-14/h6-9,12,18-19H,10-11H2,1-5H3/t18?,19-/m0/s1. The van der Waals surface area contributed by atoms with Crippen molar-refractivity contribution in [3.63, 3.8) is 0 Å². The number of ketones is 1. The van der Waals surface area contributed by atoms with E-state index >= 15 is 0 Å². The molecule has 4 nitrogen and oxygen atoms in total. The van der Waals surface area contributed by atoms with Crippen LogP contribution >= 0.6 is 15.9 Å². The monoisotopic (exact) mass is 431 g/mol. The lowest BCUT2D eigenvalue weighted by Crippen LogP contribution is -2.40. The quantitative estimate of drug-likeness (QED) is 0.616. The van der Waals surface area contributed by atoms with Crippen LogP contribution in [0.15, 0.2) is 45.0 Å². The third-order valence-electron chi connectivity index (χ3n) is 5.12. The van der Waals surface area contributed by atoms with Gasteiger partial charge in [-0.05, 0) is 50.3 Å². The molecule has 5 heteroatoms. The number of allylic oxidation sites excluding steroid dienone is 2. The molecular formula is C22H26BrNO3. The highest BCUT2D eigenvalue weighted by atomic mass is 79.9. The van der Waals surface area contributed by atoms with Crippen molar-refractivity contribution in [2.45, 2.75) is 59.5 Å². The van der Waals surface area contributed by atoms with Gasteiger partial charge in [-0.2, -0.15) is 0 Å². The highest BCUT2D eigenvalue weighted by Gasteiger charge is 2.46. The Morgan fingerprint density at radius 2 is 2.00 bits per heavy atom. The highest BCUT2D eigenvalue weighted by Crippen LogP contribution is 2.48. The number of carbonyl (C=O) groups excluding carboxylic acids is 2. The van der Waals surface area contributed by atoms with Crippen LogP contribution in [-0.4, -0.2) is 23.6 Å². The molecule has 0 radical (unpaired) electrons. The summed E-state index contributed by atoms with van der Waals surface area (Å²) < 4.78 is 6.45. The molecule has 1 heterocycles. The Bertz CT molecular complexity index is 851. The zero-order valence-corrected chi connectivity index (χ0v) is 18.1. The Hall–Kier alpha value is -1.75. The molecule has 2 aliphatic rings. The Labute approximate surface area is 169 Å². The van der Waals surface area contributed by atoms with Crippen LogP contribution in [0.3, 0.4) is 0 Å². The van der Waals surface area contributed by atoms with E-state index in [9.17, 15) is 9.59 Å². The molecule has 0 bridgehead atoms. The minimum absolute atomic E-state index is 0.0878. The van der Waals surface area contributed by atoms with Crippen LogP contribution in [0, 0.1) is 11.3 Å². The summed E-state index contributed by atoms with van der Waals surface area (Å²) in [7, 11) is 0. The zero-order chi connectivity index (χ0) is 19.9. The second kappa shape index (κ2) is 7.34. The van der Waals surface area contributed by atoms with Crippen LogP contribution in [0.4, 0.5) is 0 Å². The van der Waals surface area contributed by atoms with E-state index in [1.165, 1.54) is 0 Å². The lowest BCUT2D eigenvalue weighted by atomic mass is 9.67. The summed E-state index contributed by atoms with van der Waals surface area (Å²) in [4.78, 5) is 30.8. The van der Waals surface area contributed by atoms with Crippen molar-refractivity contribution >= 4 is 33.4 Å². The molecule has 2 atom stereocenters. The van der Waals surface area contributed by atoms with Crippen molar-refractivity contribution in [3.8, 4) is 0 Å². The van der Waals surface area contributed by atoms with Crippen molar-refractivity contribution < 1.29 is 14.3 Å². The number of benzene rings is 1. The molecule has 27 heavy (non-hydrogen) atoms. The Morgan fingerprint density at radius 1 is 1.30 bits per heavy atom. The van der Waals surface area contributed by atoms with Crippen molar-refractivity contribution in [1.29, 1.82) is 0 Å².